The molecule has 0 spiro atoms. The first-order valence-electron chi connectivity index (χ1n) is 5.86. The molecule has 0 saturated carbocycles. The summed E-state index contributed by atoms with van der Waals surface area (Å²) < 4.78 is 5.37. The highest BCUT2D eigenvalue weighted by Crippen LogP contribution is 2.32. The van der Waals surface area contributed by atoms with Gasteiger partial charge in [-0.2, -0.15) is 0 Å². The predicted octanol–water partition coefficient (Wildman–Crippen LogP) is 3.48. The maximum Gasteiger partial charge on any atom is 0.341 e. The molecule has 0 aliphatic heterocycles. The molecular formula is C14H19OSi. The molecule has 0 fully saturated rings. The lowest BCUT2D eigenvalue weighted by atomic mass is 9.92. The Balaban J connectivity index is 3.54. The lowest BCUT2D eigenvalue weighted by molar-refractivity contribution is 0.594. The fraction of sp³-hybridized carbons (Fsp3) is 0.429. The van der Waals surface area contributed by atoms with Gasteiger partial charge in [0.05, 0.1) is 0 Å². The Morgan fingerprint density at radius 2 is 1.81 bits per heavy atom. The molecule has 0 heterocycles. The molecule has 2 heteroatoms. The molecule has 0 aromatic heterocycles. The molecule has 0 N–H and O–H groups in total. The van der Waals surface area contributed by atoms with E-state index >= 15 is 0 Å². The standard InChI is InChI=1S/C14H19OSi/c1-5-10-9-11(6-2)14(15-16)13(8-4)12(10)7-3/h5,9H,1,6-8H2,2-4H3. The summed E-state index contributed by atoms with van der Waals surface area (Å²) in [7, 11) is 3.18. The van der Waals surface area contributed by atoms with Gasteiger partial charge in [-0.1, -0.05) is 33.4 Å². The van der Waals surface area contributed by atoms with Crippen molar-refractivity contribution in [2.24, 2.45) is 0 Å². The third-order valence-electron chi connectivity index (χ3n) is 3.02. The van der Waals surface area contributed by atoms with Crippen molar-refractivity contribution in [1.29, 1.82) is 0 Å². The lowest BCUT2D eigenvalue weighted by Crippen LogP contribution is -2.03. The van der Waals surface area contributed by atoms with E-state index in [0.29, 0.717) is 0 Å². The summed E-state index contributed by atoms with van der Waals surface area (Å²) in [4.78, 5) is 0. The summed E-state index contributed by atoms with van der Waals surface area (Å²) >= 11 is 0. The lowest BCUT2D eigenvalue weighted by Gasteiger charge is -2.18. The van der Waals surface area contributed by atoms with E-state index in [9.17, 15) is 0 Å². The minimum absolute atomic E-state index is 0.970. The number of rotatable bonds is 5. The Kier molecular flexibility index (Phi) is 4.81. The first-order valence-corrected chi connectivity index (χ1v) is 6.27. The van der Waals surface area contributed by atoms with Crippen LogP contribution in [0.25, 0.3) is 6.08 Å². The fourth-order valence-electron chi connectivity index (χ4n) is 2.21. The van der Waals surface area contributed by atoms with E-state index in [-0.39, 0.29) is 0 Å². The van der Waals surface area contributed by atoms with E-state index < -0.39 is 0 Å². The Bertz CT molecular complexity index is 383. The van der Waals surface area contributed by atoms with Crippen LogP contribution in [0.1, 0.15) is 43.0 Å². The van der Waals surface area contributed by atoms with Gasteiger partial charge in [-0.05, 0) is 47.6 Å². The van der Waals surface area contributed by atoms with Crippen molar-refractivity contribution in [3.05, 3.63) is 34.9 Å². The van der Waals surface area contributed by atoms with Crippen molar-refractivity contribution in [2.75, 3.05) is 0 Å². The third kappa shape index (κ3) is 2.22. The van der Waals surface area contributed by atoms with Gasteiger partial charge in [0.15, 0.2) is 0 Å². The highest BCUT2D eigenvalue weighted by Gasteiger charge is 2.13. The van der Waals surface area contributed by atoms with Crippen molar-refractivity contribution in [3.63, 3.8) is 0 Å². The van der Waals surface area contributed by atoms with Crippen LogP contribution < -0.4 is 4.43 Å². The second kappa shape index (κ2) is 5.90. The van der Waals surface area contributed by atoms with Crippen LogP contribution >= 0.6 is 0 Å². The van der Waals surface area contributed by atoms with Gasteiger partial charge in [0, 0.05) is 0 Å². The first kappa shape index (κ1) is 13.0. The first-order chi connectivity index (χ1) is 7.73. The van der Waals surface area contributed by atoms with Crippen LogP contribution in [-0.2, 0) is 19.3 Å². The second-order valence-corrected chi connectivity index (χ2v) is 3.98. The number of hydrogen-bond donors (Lipinski definition) is 0. The molecular weight excluding hydrogens is 212 g/mol. The van der Waals surface area contributed by atoms with E-state index in [1.807, 2.05) is 6.08 Å². The van der Waals surface area contributed by atoms with Crippen LogP contribution in [0, 0.1) is 0 Å². The molecule has 1 aromatic carbocycles. The number of benzene rings is 1. The van der Waals surface area contributed by atoms with Gasteiger partial charge in [0.25, 0.3) is 0 Å². The maximum atomic E-state index is 5.37. The van der Waals surface area contributed by atoms with Crippen LogP contribution in [0.3, 0.4) is 0 Å². The van der Waals surface area contributed by atoms with E-state index in [0.717, 1.165) is 25.0 Å². The molecule has 0 bridgehead atoms. The monoisotopic (exact) mass is 231 g/mol. The maximum absolute atomic E-state index is 5.37. The second-order valence-electron chi connectivity index (χ2n) is 3.78. The molecule has 1 aromatic rings. The van der Waals surface area contributed by atoms with Gasteiger partial charge in [0.2, 0.25) is 0 Å². The molecule has 0 saturated heterocycles. The van der Waals surface area contributed by atoms with Crippen LogP contribution in [0.4, 0.5) is 0 Å². The molecule has 85 valence electrons. The highest BCUT2D eigenvalue weighted by molar-refractivity contribution is 6.00. The third-order valence-corrected chi connectivity index (χ3v) is 3.22. The predicted molar refractivity (Wildman–Crippen MR) is 71.0 cm³/mol. The van der Waals surface area contributed by atoms with Gasteiger partial charge in [-0.25, -0.2) is 0 Å². The van der Waals surface area contributed by atoms with Crippen molar-refractivity contribution < 1.29 is 4.43 Å². The van der Waals surface area contributed by atoms with Crippen LogP contribution in [0.15, 0.2) is 12.6 Å². The normalized spacial score (nSPS) is 10.2. The Labute approximate surface area is 102 Å². The zero-order chi connectivity index (χ0) is 12.1. The summed E-state index contributed by atoms with van der Waals surface area (Å²) in [6.07, 6.45) is 4.90. The largest absolute Gasteiger partial charge is 0.540 e. The fourth-order valence-corrected chi connectivity index (χ4v) is 2.46. The minimum atomic E-state index is 0.970. The van der Waals surface area contributed by atoms with E-state index in [1.165, 1.54) is 22.3 Å². The number of aryl methyl sites for hydroxylation is 1. The topological polar surface area (TPSA) is 9.23 Å². The van der Waals surface area contributed by atoms with Crippen LogP contribution in [-0.4, -0.2) is 10.5 Å². The Hall–Kier alpha value is -1.02. The van der Waals surface area contributed by atoms with Crippen molar-refractivity contribution in [3.8, 4) is 5.75 Å². The molecule has 0 atom stereocenters. The molecule has 3 radical (unpaired) electrons. The molecule has 0 aliphatic carbocycles. The molecule has 0 amide bonds. The average Bonchev–Trinajstić information content (AvgIpc) is 2.35. The van der Waals surface area contributed by atoms with Gasteiger partial charge >= 0.3 is 10.5 Å². The van der Waals surface area contributed by atoms with Gasteiger partial charge in [-0.3, -0.25) is 0 Å². The Morgan fingerprint density at radius 3 is 2.19 bits per heavy atom. The van der Waals surface area contributed by atoms with Gasteiger partial charge in [-0.15, -0.1) is 0 Å². The SMILES string of the molecule is C=Cc1cc(CC)c(O[Si])c(CC)c1CC. The van der Waals surface area contributed by atoms with Crippen molar-refractivity contribution in [2.45, 2.75) is 40.0 Å². The van der Waals surface area contributed by atoms with Crippen LogP contribution in [0.5, 0.6) is 5.75 Å². The molecule has 0 aliphatic rings. The van der Waals surface area contributed by atoms with E-state index in [4.69, 9.17) is 4.43 Å². The smallest absolute Gasteiger partial charge is 0.341 e. The van der Waals surface area contributed by atoms with Crippen LogP contribution in [0.2, 0.25) is 0 Å². The van der Waals surface area contributed by atoms with Crippen molar-refractivity contribution in [1.82, 2.24) is 0 Å². The van der Waals surface area contributed by atoms with E-state index in [2.05, 4.69) is 43.9 Å². The summed E-state index contributed by atoms with van der Waals surface area (Å²) in [5.74, 6) is 0.990. The number of hydrogen-bond acceptors (Lipinski definition) is 1. The van der Waals surface area contributed by atoms with Crippen molar-refractivity contribution >= 4 is 16.6 Å². The zero-order valence-corrected chi connectivity index (χ0v) is 11.4. The minimum Gasteiger partial charge on any atom is -0.540 e. The molecule has 16 heavy (non-hydrogen) atoms. The Morgan fingerprint density at radius 1 is 1.19 bits per heavy atom. The zero-order valence-electron chi connectivity index (χ0n) is 10.4. The average molecular weight is 231 g/mol. The summed E-state index contributed by atoms with van der Waals surface area (Å²) in [5.41, 5.74) is 5.12. The summed E-state index contributed by atoms with van der Waals surface area (Å²) in [5, 5.41) is 0. The summed E-state index contributed by atoms with van der Waals surface area (Å²) in [6.45, 7) is 10.4. The van der Waals surface area contributed by atoms with Gasteiger partial charge in [0.1, 0.15) is 5.75 Å². The van der Waals surface area contributed by atoms with Gasteiger partial charge < -0.3 is 4.43 Å². The molecule has 0 unspecified atom stereocenters. The molecule has 1 rings (SSSR count). The summed E-state index contributed by atoms with van der Waals surface area (Å²) in [6, 6.07) is 2.18. The molecule has 1 nitrogen and oxygen atoms in total. The quantitative estimate of drug-likeness (QED) is 0.705. The van der Waals surface area contributed by atoms with E-state index in [1.54, 1.807) is 0 Å². The highest BCUT2D eigenvalue weighted by atomic mass is 28.2.